The Morgan fingerprint density at radius 1 is 1.14 bits per heavy atom. The van der Waals surface area contributed by atoms with E-state index < -0.39 is 0 Å². The number of anilines is 1. The van der Waals surface area contributed by atoms with Gasteiger partial charge in [-0.05, 0) is 36.7 Å². The highest BCUT2D eigenvalue weighted by atomic mass is 35.5. The second-order valence-corrected chi connectivity index (χ2v) is 6.45. The van der Waals surface area contributed by atoms with Gasteiger partial charge in [-0.2, -0.15) is 0 Å². The molecule has 28 heavy (non-hydrogen) atoms. The maximum atomic E-state index is 12.6. The lowest BCUT2D eigenvalue weighted by Crippen LogP contribution is -2.24. The minimum absolute atomic E-state index is 0. The molecule has 0 saturated heterocycles. The number of aryl methyl sites for hydroxylation is 2. The summed E-state index contributed by atoms with van der Waals surface area (Å²) in [5.41, 5.74) is 3.38. The van der Waals surface area contributed by atoms with E-state index in [1.165, 1.54) is 10.9 Å². The summed E-state index contributed by atoms with van der Waals surface area (Å²) in [6.45, 7) is 5.81. The van der Waals surface area contributed by atoms with E-state index in [2.05, 4.69) is 15.6 Å². The summed E-state index contributed by atoms with van der Waals surface area (Å²) in [7, 11) is 0. The zero-order chi connectivity index (χ0) is 19.2. The van der Waals surface area contributed by atoms with Crippen LogP contribution in [0.3, 0.4) is 0 Å². The number of carbonyl (C=O) groups excluding carboxylic acids is 1. The monoisotopic (exact) mass is 400 g/mol. The quantitative estimate of drug-likeness (QED) is 0.638. The number of para-hydroxylation sites is 2. The van der Waals surface area contributed by atoms with Crippen molar-refractivity contribution in [1.29, 1.82) is 0 Å². The van der Waals surface area contributed by atoms with Crippen LogP contribution in [0.25, 0.3) is 10.9 Å². The molecule has 0 unspecified atom stereocenters. The number of aromatic nitrogens is 2. The van der Waals surface area contributed by atoms with Gasteiger partial charge in [-0.15, -0.1) is 12.4 Å². The highest BCUT2D eigenvalue weighted by Crippen LogP contribution is 2.15. The standard InChI is InChI=1S/C21H24N4O2.ClH/c1-3-22-13-16-8-4-5-10-18(16)24-19(26)11-12-25-14-23-20-15(2)7-6-9-17(20)21(25)27;/h4-10,14,22H,3,11-13H2,1-2H3,(H,24,26);1H. The Bertz CT molecular complexity index is 1020. The highest BCUT2D eigenvalue weighted by molar-refractivity contribution is 5.91. The van der Waals surface area contributed by atoms with Crippen LogP contribution in [-0.4, -0.2) is 22.0 Å². The molecular formula is C21H25ClN4O2. The molecule has 0 fully saturated rings. The van der Waals surface area contributed by atoms with Crippen LogP contribution >= 0.6 is 12.4 Å². The Morgan fingerprint density at radius 2 is 1.93 bits per heavy atom. The molecule has 0 radical (unpaired) electrons. The highest BCUT2D eigenvalue weighted by Gasteiger charge is 2.09. The van der Waals surface area contributed by atoms with E-state index in [-0.39, 0.29) is 36.8 Å². The number of carbonyl (C=O) groups is 1. The van der Waals surface area contributed by atoms with Crippen molar-refractivity contribution < 1.29 is 4.79 Å². The molecule has 3 rings (SSSR count). The summed E-state index contributed by atoms with van der Waals surface area (Å²) in [6.07, 6.45) is 1.72. The first-order chi connectivity index (χ1) is 13.1. The number of fused-ring (bicyclic) bond motifs is 1. The van der Waals surface area contributed by atoms with Gasteiger partial charge in [0.25, 0.3) is 5.56 Å². The van der Waals surface area contributed by atoms with Crippen LogP contribution < -0.4 is 16.2 Å². The third-order valence-corrected chi connectivity index (χ3v) is 4.49. The van der Waals surface area contributed by atoms with Gasteiger partial charge in [-0.3, -0.25) is 14.2 Å². The molecule has 2 N–H and O–H groups in total. The van der Waals surface area contributed by atoms with Crippen LogP contribution in [0.1, 0.15) is 24.5 Å². The van der Waals surface area contributed by atoms with Gasteiger partial charge in [-0.1, -0.05) is 37.3 Å². The molecule has 0 aliphatic rings. The van der Waals surface area contributed by atoms with Crippen LogP contribution in [-0.2, 0) is 17.9 Å². The minimum atomic E-state index is -0.129. The van der Waals surface area contributed by atoms with E-state index in [0.29, 0.717) is 17.4 Å². The van der Waals surface area contributed by atoms with Crippen LogP contribution in [0.2, 0.25) is 0 Å². The Morgan fingerprint density at radius 3 is 2.71 bits per heavy atom. The van der Waals surface area contributed by atoms with E-state index in [4.69, 9.17) is 0 Å². The lowest BCUT2D eigenvalue weighted by Gasteiger charge is -2.12. The zero-order valence-corrected chi connectivity index (χ0v) is 16.9. The molecular weight excluding hydrogens is 376 g/mol. The summed E-state index contributed by atoms with van der Waals surface area (Å²) in [5, 5.41) is 6.78. The van der Waals surface area contributed by atoms with Gasteiger partial charge in [0, 0.05) is 25.2 Å². The number of rotatable bonds is 7. The first-order valence-electron chi connectivity index (χ1n) is 9.13. The topological polar surface area (TPSA) is 76.0 Å². The normalized spacial score (nSPS) is 10.5. The van der Waals surface area contributed by atoms with Gasteiger partial charge in [0.15, 0.2) is 0 Å². The molecule has 7 heteroatoms. The van der Waals surface area contributed by atoms with Crippen LogP contribution in [0.4, 0.5) is 5.69 Å². The van der Waals surface area contributed by atoms with E-state index in [1.807, 2.05) is 50.2 Å². The SMILES string of the molecule is CCNCc1ccccc1NC(=O)CCn1cnc2c(C)cccc2c1=O.Cl. The summed E-state index contributed by atoms with van der Waals surface area (Å²) in [4.78, 5) is 29.4. The molecule has 148 valence electrons. The van der Waals surface area contributed by atoms with E-state index in [1.54, 1.807) is 6.07 Å². The maximum Gasteiger partial charge on any atom is 0.261 e. The van der Waals surface area contributed by atoms with Crippen molar-refractivity contribution in [3.63, 3.8) is 0 Å². The van der Waals surface area contributed by atoms with Gasteiger partial charge in [0.1, 0.15) is 0 Å². The number of halogens is 1. The summed E-state index contributed by atoms with van der Waals surface area (Å²) in [6, 6.07) is 13.3. The first kappa shape index (κ1) is 21.6. The van der Waals surface area contributed by atoms with Gasteiger partial charge < -0.3 is 10.6 Å². The average Bonchev–Trinajstić information content (AvgIpc) is 2.67. The summed E-state index contributed by atoms with van der Waals surface area (Å²) >= 11 is 0. The molecule has 0 bridgehead atoms. The molecule has 2 aromatic carbocycles. The lowest BCUT2D eigenvalue weighted by atomic mass is 10.1. The Kier molecular flexibility index (Phi) is 7.72. The summed E-state index contributed by atoms with van der Waals surface area (Å²) in [5.74, 6) is -0.129. The van der Waals surface area contributed by atoms with Crippen molar-refractivity contribution >= 4 is 34.9 Å². The molecule has 0 aliphatic heterocycles. The molecule has 1 aromatic heterocycles. The van der Waals surface area contributed by atoms with Crippen molar-refractivity contribution in [1.82, 2.24) is 14.9 Å². The third-order valence-electron chi connectivity index (χ3n) is 4.49. The zero-order valence-electron chi connectivity index (χ0n) is 16.1. The molecule has 0 atom stereocenters. The van der Waals surface area contributed by atoms with Crippen LogP contribution in [0.15, 0.2) is 53.6 Å². The van der Waals surface area contributed by atoms with Crippen molar-refractivity contribution in [3.8, 4) is 0 Å². The van der Waals surface area contributed by atoms with E-state index in [9.17, 15) is 9.59 Å². The second kappa shape index (κ2) is 10.0. The van der Waals surface area contributed by atoms with E-state index in [0.717, 1.165) is 23.4 Å². The first-order valence-corrected chi connectivity index (χ1v) is 9.13. The Hall–Kier alpha value is -2.70. The number of nitrogens with zero attached hydrogens (tertiary/aromatic N) is 2. The fourth-order valence-corrected chi connectivity index (χ4v) is 2.99. The predicted molar refractivity (Wildman–Crippen MR) is 115 cm³/mol. The number of amides is 1. The van der Waals surface area contributed by atoms with Crippen molar-refractivity contribution in [2.75, 3.05) is 11.9 Å². The van der Waals surface area contributed by atoms with Gasteiger partial charge in [0.05, 0.1) is 17.2 Å². The third kappa shape index (κ3) is 4.97. The fraction of sp³-hybridized carbons (Fsp3) is 0.286. The predicted octanol–water partition coefficient (Wildman–Crippen LogP) is 3.27. The number of hydrogen-bond donors (Lipinski definition) is 2. The van der Waals surface area contributed by atoms with Gasteiger partial charge in [0.2, 0.25) is 5.91 Å². The van der Waals surface area contributed by atoms with Gasteiger partial charge in [-0.25, -0.2) is 4.98 Å². The Labute approximate surface area is 170 Å². The van der Waals surface area contributed by atoms with Crippen LogP contribution in [0.5, 0.6) is 0 Å². The fourth-order valence-electron chi connectivity index (χ4n) is 2.99. The van der Waals surface area contributed by atoms with Crippen molar-refractivity contribution in [2.24, 2.45) is 0 Å². The van der Waals surface area contributed by atoms with Crippen LogP contribution in [0, 0.1) is 6.92 Å². The molecule has 6 nitrogen and oxygen atoms in total. The summed E-state index contributed by atoms with van der Waals surface area (Å²) < 4.78 is 1.49. The molecule has 0 saturated carbocycles. The lowest BCUT2D eigenvalue weighted by molar-refractivity contribution is -0.116. The van der Waals surface area contributed by atoms with Gasteiger partial charge >= 0.3 is 0 Å². The van der Waals surface area contributed by atoms with E-state index >= 15 is 0 Å². The minimum Gasteiger partial charge on any atom is -0.326 e. The Balaban J connectivity index is 0.00000280. The molecule has 1 amide bonds. The number of nitrogens with one attached hydrogen (secondary N) is 2. The molecule has 3 aromatic rings. The molecule has 1 heterocycles. The molecule has 0 aliphatic carbocycles. The second-order valence-electron chi connectivity index (χ2n) is 6.45. The largest absolute Gasteiger partial charge is 0.326 e. The maximum absolute atomic E-state index is 12.6. The van der Waals surface area contributed by atoms with Crippen molar-refractivity contribution in [3.05, 3.63) is 70.3 Å². The number of hydrogen-bond acceptors (Lipinski definition) is 4. The smallest absolute Gasteiger partial charge is 0.261 e. The number of benzene rings is 2. The average molecular weight is 401 g/mol. The molecule has 0 spiro atoms. The van der Waals surface area contributed by atoms with Crippen molar-refractivity contribution in [2.45, 2.75) is 33.4 Å².